The topological polar surface area (TPSA) is 140 Å². The number of esters is 3. The van der Waals surface area contributed by atoms with Crippen molar-refractivity contribution >= 4 is 17.9 Å². The predicted octanol–water partition coefficient (Wildman–Crippen LogP) is -1.11. The van der Waals surface area contributed by atoms with Crippen molar-refractivity contribution in [2.24, 2.45) is 0 Å². The van der Waals surface area contributed by atoms with Crippen molar-refractivity contribution in [3.63, 3.8) is 0 Å². The van der Waals surface area contributed by atoms with Crippen LogP contribution in [0.3, 0.4) is 0 Å². The first-order valence-electron chi connectivity index (χ1n) is 5.79. The van der Waals surface area contributed by atoms with E-state index in [-0.39, 0.29) is 0 Å². The van der Waals surface area contributed by atoms with Crippen molar-refractivity contribution in [3.05, 3.63) is 38.0 Å². The molecule has 0 bridgehead atoms. The Morgan fingerprint density at radius 1 is 0.864 bits per heavy atom. The third-order valence-corrected chi connectivity index (χ3v) is 2.19. The Kier molecular flexibility index (Phi) is 7.16. The number of carbonyl (C=O) groups is 3. The molecular formula is C13H16O9. The highest BCUT2D eigenvalue weighted by Crippen LogP contribution is 2.31. The number of hydrogen-bond acceptors (Lipinski definition) is 9. The van der Waals surface area contributed by atoms with E-state index in [0.29, 0.717) is 18.2 Å². The highest BCUT2D eigenvalue weighted by atomic mass is 16.9. The molecule has 0 aromatic heterocycles. The highest BCUT2D eigenvalue weighted by molar-refractivity contribution is 5.84. The standard InChI is InChI=1S/C13H16O9/c1-4-9(15)20-12(18,7-8-14)13(19,21-10(16)5-2)22-11(17)6-3/h4-6,14,18-19H,1-3,7-8H2. The van der Waals surface area contributed by atoms with Gasteiger partial charge in [-0.15, -0.1) is 0 Å². The van der Waals surface area contributed by atoms with Crippen LogP contribution < -0.4 is 0 Å². The molecule has 0 aliphatic heterocycles. The Labute approximate surface area is 125 Å². The van der Waals surface area contributed by atoms with Crippen molar-refractivity contribution in [2.45, 2.75) is 18.2 Å². The molecule has 9 heteroatoms. The first-order chi connectivity index (χ1) is 10.2. The van der Waals surface area contributed by atoms with Crippen LogP contribution in [0.2, 0.25) is 0 Å². The van der Waals surface area contributed by atoms with E-state index in [1.807, 2.05) is 0 Å². The van der Waals surface area contributed by atoms with Crippen molar-refractivity contribution in [3.8, 4) is 0 Å². The lowest BCUT2D eigenvalue weighted by Crippen LogP contribution is -2.61. The molecule has 0 rings (SSSR count). The Balaban J connectivity index is 5.79. The average molecular weight is 316 g/mol. The van der Waals surface area contributed by atoms with E-state index >= 15 is 0 Å². The molecule has 9 nitrogen and oxygen atoms in total. The van der Waals surface area contributed by atoms with Crippen LogP contribution in [-0.4, -0.2) is 51.6 Å². The monoisotopic (exact) mass is 316 g/mol. The van der Waals surface area contributed by atoms with E-state index in [1.54, 1.807) is 0 Å². The quantitative estimate of drug-likeness (QED) is 0.274. The molecule has 0 aliphatic carbocycles. The number of aliphatic hydroxyl groups excluding tert-OH is 1. The lowest BCUT2D eigenvalue weighted by molar-refractivity contribution is -0.442. The van der Waals surface area contributed by atoms with Gasteiger partial charge in [0.05, 0.1) is 0 Å². The van der Waals surface area contributed by atoms with Crippen LogP contribution in [-0.2, 0) is 28.6 Å². The van der Waals surface area contributed by atoms with Gasteiger partial charge in [0.1, 0.15) is 0 Å². The van der Waals surface area contributed by atoms with E-state index in [4.69, 9.17) is 5.11 Å². The molecule has 0 fully saturated rings. The van der Waals surface area contributed by atoms with Crippen LogP contribution in [0.4, 0.5) is 0 Å². The van der Waals surface area contributed by atoms with Crippen LogP contribution in [0.15, 0.2) is 38.0 Å². The molecule has 0 aromatic rings. The molecule has 0 aromatic carbocycles. The fraction of sp³-hybridized carbons (Fsp3) is 0.308. The van der Waals surface area contributed by atoms with E-state index in [2.05, 4.69) is 33.9 Å². The minimum Gasteiger partial charge on any atom is -0.418 e. The van der Waals surface area contributed by atoms with Crippen LogP contribution in [0, 0.1) is 0 Å². The maximum absolute atomic E-state index is 11.3. The van der Waals surface area contributed by atoms with Crippen LogP contribution in [0.25, 0.3) is 0 Å². The smallest absolute Gasteiger partial charge is 0.418 e. The van der Waals surface area contributed by atoms with E-state index < -0.39 is 42.7 Å². The summed E-state index contributed by atoms with van der Waals surface area (Å²) >= 11 is 0. The second-order valence-corrected chi connectivity index (χ2v) is 3.72. The maximum atomic E-state index is 11.3. The first-order valence-corrected chi connectivity index (χ1v) is 5.79. The van der Waals surface area contributed by atoms with Gasteiger partial charge < -0.3 is 29.5 Å². The molecule has 22 heavy (non-hydrogen) atoms. The van der Waals surface area contributed by atoms with Gasteiger partial charge in [-0.25, -0.2) is 14.4 Å². The van der Waals surface area contributed by atoms with Gasteiger partial charge in [-0.1, -0.05) is 19.7 Å². The predicted molar refractivity (Wildman–Crippen MR) is 70.5 cm³/mol. The molecular weight excluding hydrogens is 300 g/mol. The Morgan fingerprint density at radius 3 is 1.55 bits per heavy atom. The molecule has 0 saturated heterocycles. The molecule has 1 unspecified atom stereocenters. The molecule has 0 heterocycles. The lowest BCUT2D eigenvalue weighted by Gasteiger charge is -2.38. The van der Waals surface area contributed by atoms with Gasteiger partial charge in [-0.3, -0.25) is 0 Å². The Morgan fingerprint density at radius 2 is 1.23 bits per heavy atom. The summed E-state index contributed by atoms with van der Waals surface area (Å²) in [5.74, 6) is -10.4. The SMILES string of the molecule is C=CC(=O)OC(O)(CCO)C(O)(OC(=O)C=C)OC(=O)C=C. The van der Waals surface area contributed by atoms with Crippen molar-refractivity contribution in [1.29, 1.82) is 0 Å². The summed E-state index contributed by atoms with van der Waals surface area (Å²) in [5, 5.41) is 29.3. The zero-order valence-corrected chi connectivity index (χ0v) is 11.6. The molecule has 0 saturated carbocycles. The van der Waals surface area contributed by atoms with E-state index in [0.717, 1.165) is 0 Å². The minimum absolute atomic E-state index is 0.585. The van der Waals surface area contributed by atoms with Crippen LogP contribution in [0.5, 0.6) is 0 Å². The largest absolute Gasteiger partial charge is 0.444 e. The van der Waals surface area contributed by atoms with Crippen LogP contribution >= 0.6 is 0 Å². The number of hydrogen-bond donors (Lipinski definition) is 3. The number of aliphatic hydroxyl groups is 3. The van der Waals surface area contributed by atoms with Gasteiger partial charge in [0.2, 0.25) is 0 Å². The number of ether oxygens (including phenoxy) is 3. The van der Waals surface area contributed by atoms with E-state index in [1.165, 1.54) is 0 Å². The van der Waals surface area contributed by atoms with Gasteiger partial charge in [-0.05, 0) is 0 Å². The summed E-state index contributed by atoms with van der Waals surface area (Å²) in [7, 11) is 0. The third-order valence-electron chi connectivity index (χ3n) is 2.19. The van der Waals surface area contributed by atoms with Crippen molar-refractivity contribution in [1.82, 2.24) is 0 Å². The second-order valence-electron chi connectivity index (χ2n) is 3.72. The number of rotatable bonds is 9. The van der Waals surface area contributed by atoms with Crippen molar-refractivity contribution < 1.29 is 43.9 Å². The Bertz CT molecular complexity index is 460. The maximum Gasteiger partial charge on any atom is 0.444 e. The summed E-state index contributed by atoms with van der Waals surface area (Å²) in [4.78, 5) is 33.7. The third kappa shape index (κ3) is 4.81. The van der Waals surface area contributed by atoms with Crippen LogP contribution in [0.1, 0.15) is 6.42 Å². The van der Waals surface area contributed by atoms with Crippen molar-refractivity contribution in [2.75, 3.05) is 6.61 Å². The summed E-state index contributed by atoms with van der Waals surface area (Å²) in [6.45, 7) is 8.33. The summed E-state index contributed by atoms with van der Waals surface area (Å²) < 4.78 is 13.2. The van der Waals surface area contributed by atoms with Gasteiger partial charge in [0, 0.05) is 31.3 Å². The molecule has 1 atom stereocenters. The molecule has 3 N–H and O–H groups in total. The zero-order chi connectivity index (χ0) is 17.4. The minimum atomic E-state index is -3.45. The highest BCUT2D eigenvalue weighted by Gasteiger charge is 2.60. The zero-order valence-electron chi connectivity index (χ0n) is 11.6. The normalized spacial score (nSPS) is 13.2. The summed E-state index contributed by atoms with van der Waals surface area (Å²) in [6.07, 6.45) is 0.925. The molecule has 0 amide bonds. The first kappa shape index (κ1) is 19.5. The number of carbonyl (C=O) groups excluding carboxylic acids is 3. The van der Waals surface area contributed by atoms with E-state index in [9.17, 15) is 24.6 Å². The molecule has 0 aliphatic rings. The lowest BCUT2D eigenvalue weighted by atomic mass is 10.1. The fourth-order valence-corrected chi connectivity index (χ4v) is 1.17. The Hall–Kier alpha value is -2.49. The molecule has 122 valence electrons. The van der Waals surface area contributed by atoms with Gasteiger partial charge in [0.25, 0.3) is 0 Å². The summed E-state index contributed by atoms with van der Waals surface area (Å²) in [6, 6.07) is 0. The molecule has 0 spiro atoms. The average Bonchev–Trinajstić information content (AvgIpc) is 2.46. The van der Waals surface area contributed by atoms with Gasteiger partial charge in [0.15, 0.2) is 0 Å². The second kappa shape index (κ2) is 8.08. The molecule has 0 radical (unpaired) electrons. The van der Waals surface area contributed by atoms with Gasteiger partial charge >= 0.3 is 29.7 Å². The summed E-state index contributed by atoms with van der Waals surface area (Å²) in [5.41, 5.74) is 0. The fourth-order valence-electron chi connectivity index (χ4n) is 1.17. The van der Waals surface area contributed by atoms with Gasteiger partial charge in [-0.2, -0.15) is 0 Å².